The molecule has 0 aliphatic carbocycles. The highest BCUT2D eigenvalue weighted by molar-refractivity contribution is 6.24. The van der Waals surface area contributed by atoms with E-state index in [1.807, 2.05) is 24.3 Å². The topological polar surface area (TPSA) is 41.6 Å². The number of pyridine rings is 1. The Labute approximate surface area is 294 Å². The van der Waals surface area contributed by atoms with Crippen molar-refractivity contribution in [3.8, 4) is 45.4 Å². The average molecular weight is 648 g/mol. The molecule has 51 heavy (non-hydrogen) atoms. The van der Waals surface area contributed by atoms with Crippen LogP contribution in [0.3, 0.4) is 0 Å². The molecule has 236 valence electrons. The molecule has 10 rings (SSSR count). The van der Waals surface area contributed by atoms with E-state index in [0.29, 0.717) is 5.56 Å². The minimum atomic E-state index is 0.650. The Morgan fingerprint density at radius 2 is 0.961 bits per heavy atom. The summed E-state index contributed by atoms with van der Waals surface area (Å²) in [4.78, 5) is 5.19. The lowest BCUT2D eigenvalue weighted by Gasteiger charge is -2.16. The van der Waals surface area contributed by atoms with Gasteiger partial charge in [0.2, 0.25) is 0 Å². The second kappa shape index (κ2) is 11.6. The van der Waals surface area contributed by atoms with E-state index in [-0.39, 0.29) is 0 Å². The molecule has 0 unspecified atom stereocenters. The highest BCUT2D eigenvalue weighted by atomic mass is 15.0. The number of hydrogen-bond acceptors (Lipinski definition) is 2. The zero-order valence-corrected chi connectivity index (χ0v) is 27.6. The van der Waals surface area contributed by atoms with Crippen molar-refractivity contribution in [3.05, 3.63) is 181 Å². The first-order valence-electron chi connectivity index (χ1n) is 17.2. The maximum absolute atomic E-state index is 9.77. The van der Waals surface area contributed by atoms with E-state index >= 15 is 0 Å². The van der Waals surface area contributed by atoms with Crippen molar-refractivity contribution in [2.45, 2.75) is 0 Å². The standard InChI is InChI=1S/C48H29N3/c49-30-31-22-24-39-40-25-23-33(27-48(40)51(47(39)26-31)34-14-5-2-6-15-34)41-28-42-37-18-9-10-19-38(37)44(29-43(42)36-17-8-7-16-35(36)41)46-21-11-20-45(50-46)32-12-3-1-4-13-32/h1-29H. The predicted octanol–water partition coefficient (Wildman–Crippen LogP) is 12.5. The first-order chi connectivity index (χ1) is 25.2. The monoisotopic (exact) mass is 647 g/mol. The van der Waals surface area contributed by atoms with E-state index in [4.69, 9.17) is 4.98 Å². The van der Waals surface area contributed by atoms with Crippen molar-refractivity contribution >= 4 is 54.1 Å². The second-order valence-corrected chi connectivity index (χ2v) is 13.1. The molecular weight excluding hydrogens is 619 g/mol. The number of para-hydroxylation sites is 1. The van der Waals surface area contributed by atoms with Gasteiger partial charge in [-0.15, -0.1) is 0 Å². The van der Waals surface area contributed by atoms with Crippen molar-refractivity contribution in [3.63, 3.8) is 0 Å². The highest BCUT2D eigenvalue weighted by Gasteiger charge is 2.18. The van der Waals surface area contributed by atoms with Crippen molar-refractivity contribution in [2.24, 2.45) is 0 Å². The molecule has 0 radical (unpaired) electrons. The predicted molar refractivity (Wildman–Crippen MR) is 212 cm³/mol. The number of nitrogens with zero attached hydrogens (tertiary/aromatic N) is 3. The van der Waals surface area contributed by atoms with E-state index in [0.717, 1.165) is 55.6 Å². The zero-order chi connectivity index (χ0) is 33.9. The summed E-state index contributed by atoms with van der Waals surface area (Å²) in [7, 11) is 0. The smallest absolute Gasteiger partial charge is 0.0992 e. The van der Waals surface area contributed by atoms with Gasteiger partial charge in [0.15, 0.2) is 0 Å². The molecule has 8 aromatic carbocycles. The third-order valence-corrected chi connectivity index (χ3v) is 10.2. The fraction of sp³-hybridized carbons (Fsp3) is 0. The maximum Gasteiger partial charge on any atom is 0.0992 e. The van der Waals surface area contributed by atoms with Gasteiger partial charge in [-0.25, -0.2) is 4.98 Å². The number of hydrogen-bond donors (Lipinski definition) is 0. The molecule has 2 heterocycles. The minimum absolute atomic E-state index is 0.650. The zero-order valence-electron chi connectivity index (χ0n) is 27.6. The van der Waals surface area contributed by atoms with Gasteiger partial charge in [-0.1, -0.05) is 121 Å². The molecule has 0 aliphatic heterocycles. The van der Waals surface area contributed by atoms with Crippen molar-refractivity contribution in [1.82, 2.24) is 9.55 Å². The van der Waals surface area contributed by atoms with E-state index < -0.39 is 0 Å². The van der Waals surface area contributed by atoms with Gasteiger partial charge in [0, 0.05) is 27.6 Å². The molecule has 0 fully saturated rings. The van der Waals surface area contributed by atoms with Crippen LogP contribution >= 0.6 is 0 Å². The maximum atomic E-state index is 9.77. The lowest BCUT2D eigenvalue weighted by atomic mass is 9.88. The lowest BCUT2D eigenvalue weighted by molar-refractivity contribution is 1.18. The third kappa shape index (κ3) is 4.62. The molecule has 0 amide bonds. The summed E-state index contributed by atoms with van der Waals surface area (Å²) in [6, 6.07) is 64.4. The summed E-state index contributed by atoms with van der Waals surface area (Å²) in [6.07, 6.45) is 0. The summed E-state index contributed by atoms with van der Waals surface area (Å²) in [6.45, 7) is 0. The molecule has 0 saturated heterocycles. The van der Waals surface area contributed by atoms with E-state index in [1.165, 1.54) is 37.9 Å². The van der Waals surface area contributed by atoms with E-state index in [2.05, 4.69) is 162 Å². The van der Waals surface area contributed by atoms with Crippen LogP contribution < -0.4 is 0 Å². The Kier molecular flexibility index (Phi) is 6.56. The molecule has 0 atom stereocenters. The van der Waals surface area contributed by atoms with Gasteiger partial charge in [0.25, 0.3) is 0 Å². The van der Waals surface area contributed by atoms with Crippen LogP contribution in [0, 0.1) is 11.3 Å². The third-order valence-electron chi connectivity index (χ3n) is 10.2. The van der Waals surface area contributed by atoms with Crippen molar-refractivity contribution in [2.75, 3.05) is 0 Å². The van der Waals surface area contributed by atoms with Crippen molar-refractivity contribution in [1.29, 1.82) is 5.26 Å². The van der Waals surface area contributed by atoms with Gasteiger partial charge >= 0.3 is 0 Å². The second-order valence-electron chi connectivity index (χ2n) is 13.1. The van der Waals surface area contributed by atoms with Crippen LogP contribution in [0.1, 0.15) is 5.56 Å². The minimum Gasteiger partial charge on any atom is -0.309 e. The van der Waals surface area contributed by atoms with Crippen LogP contribution in [0.4, 0.5) is 0 Å². The van der Waals surface area contributed by atoms with Crippen LogP contribution in [-0.4, -0.2) is 9.55 Å². The molecule has 0 aliphatic rings. The van der Waals surface area contributed by atoms with Crippen LogP contribution in [0.5, 0.6) is 0 Å². The number of rotatable bonds is 4. The first-order valence-corrected chi connectivity index (χ1v) is 17.2. The normalized spacial score (nSPS) is 11.5. The van der Waals surface area contributed by atoms with Gasteiger partial charge in [-0.3, -0.25) is 0 Å². The lowest BCUT2D eigenvalue weighted by Crippen LogP contribution is -1.94. The number of nitriles is 1. The van der Waals surface area contributed by atoms with Gasteiger partial charge in [-0.05, 0) is 98.0 Å². The van der Waals surface area contributed by atoms with Crippen LogP contribution in [0.15, 0.2) is 176 Å². The Morgan fingerprint density at radius 1 is 0.392 bits per heavy atom. The molecule has 2 aromatic heterocycles. The first kappa shape index (κ1) is 28.9. The van der Waals surface area contributed by atoms with E-state index in [9.17, 15) is 5.26 Å². The summed E-state index contributed by atoms with van der Waals surface area (Å²) in [5, 5.41) is 19.3. The summed E-state index contributed by atoms with van der Waals surface area (Å²) >= 11 is 0. The number of aromatic nitrogens is 2. The average Bonchev–Trinajstić information content (AvgIpc) is 3.53. The van der Waals surface area contributed by atoms with Gasteiger partial charge in [0.1, 0.15) is 0 Å². The fourth-order valence-corrected chi connectivity index (χ4v) is 7.87. The molecule has 0 saturated carbocycles. The highest BCUT2D eigenvalue weighted by Crippen LogP contribution is 2.43. The van der Waals surface area contributed by atoms with Crippen LogP contribution in [0.25, 0.3) is 93.5 Å². The Morgan fingerprint density at radius 3 is 1.67 bits per heavy atom. The molecule has 0 N–H and O–H groups in total. The van der Waals surface area contributed by atoms with E-state index in [1.54, 1.807) is 0 Å². The summed E-state index contributed by atoms with van der Waals surface area (Å²) in [5.74, 6) is 0. The molecule has 3 nitrogen and oxygen atoms in total. The molecule has 10 aromatic rings. The Hall–Kier alpha value is -7.02. The Bertz CT molecular complexity index is 3020. The van der Waals surface area contributed by atoms with Crippen LogP contribution in [0.2, 0.25) is 0 Å². The molecule has 0 spiro atoms. The Balaban J connectivity index is 1.24. The van der Waals surface area contributed by atoms with Crippen molar-refractivity contribution < 1.29 is 0 Å². The number of benzene rings is 8. The van der Waals surface area contributed by atoms with Gasteiger partial charge < -0.3 is 4.57 Å². The summed E-state index contributed by atoms with van der Waals surface area (Å²) in [5.41, 5.74) is 10.3. The van der Waals surface area contributed by atoms with Gasteiger partial charge in [0.05, 0.1) is 34.1 Å². The summed E-state index contributed by atoms with van der Waals surface area (Å²) < 4.78 is 2.29. The largest absolute Gasteiger partial charge is 0.309 e. The quantitative estimate of drug-likeness (QED) is 0.178. The molecule has 0 bridgehead atoms. The fourth-order valence-electron chi connectivity index (χ4n) is 7.87. The molecular formula is C48H29N3. The molecule has 3 heteroatoms. The van der Waals surface area contributed by atoms with Gasteiger partial charge in [-0.2, -0.15) is 5.26 Å². The SMILES string of the molecule is N#Cc1ccc2c3ccc(-c4cc5c6ccccc6c(-c6cccc(-c7ccccc7)n6)cc5c5ccccc45)cc3n(-c3ccccc3)c2c1. The van der Waals surface area contributed by atoms with Crippen LogP contribution in [-0.2, 0) is 0 Å². The number of fused-ring (bicyclic) bond motifs is 8.